The predicted octanol–water partition coefficient (Wildman–Crippen LogP) is 0.951. The van der Waals surface area contributed by atoms with Gasteiger partial charge in [0, 0.05) is 19.6 Å². The fourth-order valence-electron chi connectivity index (χ4n) is 1.34. The smallest absolute Gasteiger partial charge is 0.317 e. The van der Waals surface area contributed by atoms with Gasteiger partial charge in [-0.25, -0.2) is 4.79 Å². The molecule has 0 unspecified atom stereocenters. The van der Waals surface area contributed by atoms with Crippen LogP contribution in [0.2, 0.25) is 0 Å². The third kappa shape index (κ3) is 2.62. The summed E-state index contributed by atoms with van der Waals surface area (Å²) in [6.45, 7) is 5.71. The average molecular weight is 181 g/mol. The molecular weight excluding hydrogens is 166 g/mol. The van der Waals surface area contributed by atoms with Gasteiger partial charge >= 0.3 is 6.03 Å². The first-order valence-electron chi connectivity index (χ1n) is 4.49. The highest BCUT2D eigenvalue weighted by molar-refractivity contribution is 5.74. The molecule has 1 saturated heterocycles. The van der Waals surface area contributed by atoms with Crippen molar-refractivity contribution in [2.75, 3.05) is 19.6 Å². The van der Waals surface area contributed by atoms with Gasteiger partial charge in [-0.3, -0.25) is 0 Å². The fourth-order valence-corrected chi connectivity index (χ4v) is 1.34. The van der Waals surface area contributed by atoms with Gasteiger partial charge in [0.15, 0.2) is 0 Å². The molecule has 0 bridgehead atoms. The van der Waals surface area contributed by atoms with Gasteiger partial charge in [0.05, 0.1) is 11.5 Å². The van der Waals surface area contributed by atoms with Gasteiger partial charge in [0.1, 0.15) is 0 Å². The Balaban J connectivity index is 2.53. The van der Waals surface area contributed by atoms with E-state index in [1.54, 1.807) is 4.90 Å². The molecule has 2 amide bonds. The summed E-state index contributed by atoms with van der Waals surface area (Å²) in [6.07, 6.45) is 0.966. The zero-order valence-corrected chi connectivity index (χ0v) is 8.13. The minimum absolute atomic E-state index is 0.0467. The molecule has 4 heteroatoms. The maximum atomic E-state index is 11.3. The van der Waals surface area contributed by atoms with Crippen molar-refractivity contribution in [3.8, 4) is 6.07 Å². The Morgan fingerprint density at radius 3 is 2.92 bits per heavy atom. The van der Waals surface area contributed by atoms with Crippen molar-refractivity contribution in [2.45, 2.75) is 20.3 Å². The first kappa shape index (κ1) is 9.85. The van der Waals surface area contributed by atoms with E-state index in [2.05, 4.69) is 11.4 Å². The second-order valence-corrected chi connectivity index (χ2v) is 4.00. The van der Waals surface area contributed by atoms with Gasteiger partial charge < -0.3 is 10.2 Å². The van der Waals surface area contributed by atoms with E-state index in [4.69, 9.17) is 5.26 Å². The van der Waals surface area contributed by atoms with Gasteiger partial charge in [-0.1, -0.05) is 0 Å². The van der Waals surface area contributed by atoms with Crippen LogP contribution in [-0.2, 0) is 0 Å². The van der Waals surface area contributed by atoms with Crippen molar-refractivity contribution in [3.05, 3.63) is 0 Å². The number of hydrogen-bond donors (Lipinski definition) is 1. The lowest BCUT2D eigenvalue weighted by atomic mass is 9.95. The van der Waals surface area contributed by atoms with Crippen molar-refractivity contribution < 1.29 is 4.79 Å². The molecule has 1 aliphatic heterocycles. The molecule has 0 aromatic heterocycles. The molecule has 0 aromatic carbocycles. The summed E-state index contributed by atoms with van der Waals surface area (Å²) in [5, 5.41) is 11.6. The van der Waals surface area contributed by atoms with E-state index in [0.29, 0.717) is 6.54 Å². The number of carbonyl (C=O) groups excluding carboxylic acids is 1. The van der Waals surface area contributed by atoms with Crippen LogP contribution in [0.5, 0.6) is 0 Å². The number of nitrogens with one attached hydrogen (secondary N) is 1. The zero-order chi connectivity index (χ0) is 9.90. The monoisotopic (exact) mass is 181 g/mol. The lowest BCUT2D eigenvalue weighted by Gasteiger charge is -2.31. The molecule has 1 rings (SSSR count). The maximum Gasteiger partial charge on any atom is 0.317 e. The molecule has 72 valence electrons. The SMILES string of the molecule is CC(C)(C#N)CN1CCCNC1=O. The normalized spacial score (nSPS) is 17.9. The van der Waals surface area contributed by atoms with E-state index in [1.165, 1.54) is 0 Å². The number of hydrogen-bond acceptors (Lipinski definition) is 2. The van der Waals surface area contributed by atoms with Gasteiger partial charge in [0.25, 0.3) is 0 Å². The summed E-state index contributed by atoms with van der Waals surface area (Å²) in [4.78, 5) is 13.0. The molecule has 0 radical (unpaired) electrons. The van der Waals surface area contributed by atoms with Gasteiger partial charge in [-0.2, -0.15) is 5.26 Å². The minimum Gasteiger partial charge on any atom is -0.338 e. The quantitative estimate of drug-likeness (QED) is 0.689. The Labute approximate surface area is 78.5 Å². The summed E-state index contributed by atoms with van der Waals surface area (Å²) in [6, 6.07) is 2.14. The molecule has 1 aliphatic rings. The van der Waals surface area contributed by atoms with Crippen molar-refractivity contribution >= 4 is 6.03 Å². The predicted molar refractivity (Wildman–Crippen MR) is 49.0 cm³/mol. The molecule has 13 heavy (non-hydrogen) atoms. The third-order valence-electron chi connectivity index (χ3n) is 2.06. The van der Waals surface area contributed by atoms with Crippen LogP contribution in [0, 0.1) is 16.7 Å². The van der Waals surface area contributed by atoms with Crippen LogP contribution >= 0.6 is 0 Å². The Bertz CT molecular complexity index is 242. The molecule has 0 saturated carbocycles. The molecule has 1 N–H and O–H groups in total. The highest BCUT2D eigenvalue weighted by Crippen LogP contribution is 2.16. The van der Waals surface area contributed by atoms with Crippen LogP contribution in [0.1, 0.15) is 20.3 Å². The average Bonchev–Trinajstić information content (AvgIpc) is 2.09. The number of nitriles is 1. The Kier molecular flexibility index (Phi) is 2.76. The van der Waals surface area contributed by atoms with Crippen LogP contribution in [0.15, 0.2) is 0 Å². The van der Waals surface area contributed by atoms with E-state index < -0.39 is 5.41 Å². The van der Waals surface area contributed by atoms with E-state index in [0.717, 1.165) is 19.5 Å². The van der Waals surface area contributed by atoms with Gasteiger partial charge in [0.2, 0.25) is 0 Å². The van der Waals surface area contributed by atoms with Crippen LogP contribution < -0.4 is 5.32 Å². The van der Waals surface area contributed by atoms with Crippen LogP contribution in [0.4, 0.5) is 4.79 Å². The van der Waals surface area contributed by atoms with E-state index >= 15 is 0 Å². The first-order valence-corrected chi connectivity index (χ1v) is 4.49. The lowest BCUT2D eigenvalue weighted by molar-refractivity contribution is 0.169. The Morgan fingerprint density at radius 2 is 2.38 bits per heavy atom. The Morgan fingerprint density at radius 1 is 1.69 bits per heavy atom. The van der Waals surface area contributed by atoms with Crippen molar-refractivity contribution in [1.29, 1.82) is 5.26 Å². The maximum absolute atomic E-state index is 11.3. The van der Waals surface area contributed by atoms with Crippen LogP contribution in [-0.4, -0.2) is 30.6 Å². The third-order valence-corrected chi connectivity index (χ3v) is 2.06. The summed E-state index contributed by atoms with van der Waals surface area (Å²) < 4.78 is 0. The highest BCUT2D eigenvalue weighted by atomic mass is 16.2. The molecule has 0 atom stereocenters. The summed E-state index contributed by atoms with van der Waals surface area (Å²) >= 11 is 0. The van der Waals surface area contributed by atoms with Crippen molar-refractivity contribution in [1.82, 2.24) is 10.2 Å². The largest absolute Gasteiger partial charge is 0.338 e. The van der Waals surface area contributed by atoms with Gasteiger partial charge in [-0.05, 0) is 20.3 Å². The fraction of sp³-hybridized carbons (Fsp3) is 0.778. The molecule has 4 nitrogen and oxygen atoms in total. The lowest BCUT2D eigenvalue weighted by Crippen LogP contribution is -2.49. The van der Waals surface area contributed by atoms with E-state index in [1.807, 2.05) is 13.8 Å². The molecular formula is C9H15N3O. The molecule has 0 aromatic rings. The van der Waals surface area contributed by atoms with Crippen molar-refractivity contribution in [3.63, 3.8) is 0 Å². The first-order chi connectivity index (χ1) is 6.05. The number of carbonyl (C=O) groups is 1. The van der Waals surface area contributed by atoms with Gasteiger partial charge in [-0.15, -0.1) is 0 Å². The number of urea groups is 1. The molecule has 1 heterocycles. The Hall–Kier alpha value is -1.24. The van der Waals surface area contributed by atoms with E-state index in [9.17, 15) is 4.79 Å². The zero-order valence-electron chi connectivity index (χ0n) is 8.13. The van der Waals surface area contributed by atoms with Crippen LogP contribution in [0.3, 0.4) is 0 Å². The van der Waals surface area contributed by atoms with Crippen molar-refractivity contribution in [2.24, 2.45) is 5.41 Å². The summed E-state index contributed by atoms with van der Waals surface area (Å²) in [5.74, 6) is 0. The minimum atomic E-state index is -0.450. The molecule has 0 aliphatic carbocycles. The summed E-state index contributed by atoms with van der Waals surface area (Å²) in [7, 11) is 0. The number of rotatable bonds is 2. The second-order valence-electron chi connectivity index (χ2n) is 4.00. The number of nitrogens with zero attached hydrogens (tertiary/aromatic N) is 2. The molecule has 1 fully saturated rings. The topological polar surface area (TPSA) is 56.1 Å². The van der Waals surface area contributed by atoms with E-state index in [-0.39, 0.29) is 6.03 Å². The van der Waals surface area contributed by atoms with Crippen LogP contribution in [0.25, 0.3) is 0 Å². The molecule has 0 spiro atoms. The summed E-state index contributed by atoms with van der Waals surface area (Å²) in [5.41, 5.74) is -0.450. The number of amides is 2. The standard InChI is InChI=1S/C9H15N3O/c1-9(2,6-10)7-12-5-3-4-11-8(12)13/h3-5,7H2,1-2H3,(H,11,13). The second kappa shape index (κ2) is 3.65. The highest BCUT2D eigenvalue weighted by Gasteiger charge is 2.25.